The molecule has 0 aliphatic rings. The number of aliphatic hydroxyl groups is 1. The van der Waals surface area contributed by atoms with Gasteiger partial charge in [-0.1, -0.05) is 33.8 Å². The molecule has 2 unspecified atom stereocenters. The second-order valence-electron chi connectivity index (χ2n) is 6.13. The standard InChI is InChI=1S/C13H26O4Si/c1-8-10(9(2)11(14)12(15)16)17-18(6,7)13(3,4)5/h8-9,11,14H,1-7H3,(H,15,16). The number of carboxylic acids is 1. The van der Waals surface area contributed by atoms with E-state index in [0.717, 1.165) is 0 Å². The van der Waals surface area contributed by atoms with Gasteiger partial charge in [-0.15, -0.1) is 0 Å². The molecule has 0 heterocycles. The Kier molecular flexibility index (Phi) is 5.62. The number of allylic oxidation sites excluding steroid dienone is 1. The highest BCUT2D eigenvalue weighted by Crippen LogP contribution is 2.39. The Labute approximate surface area is 111 Å². The van der Waals surface area contributed by atoms with Gasteiger partial charge in [-0.2, -0.15) is 0 Å². The summed E-state index contributed by atoms with van der Waals surface area (Å²) in [7, 11) is -2.00. The Bertz CT molecular complexity index is 328. The molecular weight excluding hydrogens is 248 g/mol. The van der Waals surface area contributed by atoms with E-state index < -0.39 is 26.3 Å². The van der Waals surface area contributed by atoms with Gasteiger partial charge in [0.2, 0.25) is 8.32 Å². The fourth-order valence-electron chi connectivity index (χ4n) is 1.23. The minimum Gasteiger partial charge on any atom is -0.546 e. The summed E-state index contributed by atoms with van der Waals surface area (Å²) in [6, 6.07) is 0. The van der Waals surface area contributed by atoms with Gasteiger partial charge >= 0.3 is 5.97 Å². The van der Waals surface area contributed by atoms with E-state index >= 15 is 0 Å². The lowest BCUT2D eigenvalue weighted by Gasteiger charge is -2.38. The van der Waals surface area contributed by atoms with Gasteiger partial charge in [-0.05, 0) is 25.1 Å². The van der Waals surface area contributed by atoms with E-state index in [1.807, 2.05) is 0 Å². The maximum absolute atomic E-state index is 10.8. The van der Waals surface area contributed by atoms with Crippen molar-refractivity contribution in [3.05, 3.63) is 11.8 Å². The zero-order valence-corrected chi connectivity index (χ0v) is 13.4. The number of carbonyl (C=O) groups is 1. The summed E-state index contributed by atoms with van der Waals surface area (Å²) in [5, 5.41) is 18.5. The molecule has 0 aromatic rings. The molecule has 0 bridgehead atoms. The molecule has 2 atom stereocenters. The van der Waals surface area contributed by atoms with Crippen molar-refractivity contribution in [2.24, 2.45) is 5.92 Å². The van der Waals surface area contributed by atoms with E-state index in [-0.39, 0.29) is 5.04 Å². The first-order chi connectivity index (χ1) is 7.94. The molecule has 18 heavy (non-hydrogen) atoms. The summed E-state index contributed by atoms with van der Waals surface area (Å²) in [4.78, 5) is 10.8. The SMILES string of the molecule is CC=C(O[Si](C)(C)C(C)(C)C)C(C)C(O)C(=O)O. The third-order valence-electron chi connectivity index (χ3n) is 3.64. The normalized spacial score (nSPS) is 17.2. The summed E-state index contributed by atoms with van der Waals surface area (Å²) >= 11 is 0. The molecule has 2 N–H and O–H groups in total. The molecule has 0 rings (SSSR count). The minimum atomic E-state index is -2.00. The maximum Gasteiger partial charge on any atom is 0.333 e. The van der Waals surface area contributed by atoms with Crippen LogP contribution in [0.1, 0.15) is 34.6 Å². The number of hydrogen-bond acceptors (Lipinski definition) is 3. The van der Waals surface area contributed by atoms with Crippen LogP contribution in [0.25, 0.3) is 0 Å². The van der Waals surface area contributed by atoms with Crippen LogP contribution in [0, 0.1) is 5.92 Å². The van der Waals surface area contributed by atoms with Crippen molar-refractivity contribution in [1.29, 1.82) is 0 Å². The smallest absolute Gasteiger partial charge is 0.333 e. The van der Waals surface area contributed by atoms with Gasteiger partial charge in [0.1, 0.15) is 0 Å². The lowest BCUT2D eigenvalue weighted by Crippen LogP contribution is -2.42. The van der Waals surface area contributed by atoms with E-state index in [9.17, 15) is 9.90 Å². The van der Waals surface area contributed by atoms with Crippen molar-refractivity contribution in [2.75, 3.05) is 0 Å². The van der Waals surface area contributed by atoms with Crippen molar-refractivity contribution >= 4 is 14.3 Å². The van der Waals surface area contributed by atoms with Crippen LogP contribution in [0.4, 0.5) is 0 Å². The average Bonchev–Trinajstić information content (AvgIpc) is 2.22. The number of rotatable bonds is 5. The average molecular weight is 274 g/mol. The Hall–Kier alpha value is -0.813. The Morgan fingerprint density at radius 1 is 1.33 bits per heavy atom. The monoisotopic (exact) mass is 274 g/mol. The number of carboxylic acid groups (broad SMARTS) is 1. The van der Waals surface area contributed by atoms with Crippen molar-refractivity contribution in [3.63, 3.8) is 0 Å². The third kappa shape index (κ3) is 4.14. The van der Waals surface area contributed by atoms with E-state index in [1.54, 1.807) is 19.9 Å². The van der Waals surface area contributed by atoms with E-state index in [0.29, 0.717) is 5.76 Å². The van der Waals surface area contributed by atoms with Crippen molar-refractivity contribution in [1.82, 2.24) is 0 Å². The highest BCUT2D eigenvalue weighted by molar-refractivity contribution is 6.74. The summed E-state index contributed by atoms with van der Waals surface area (Å²) in [5.41, 5.74) is 0. The van der Waals surface area contributed by atoms with Gasteiger partial charge in [0.05, 0.1) is 5.76 Å². The predicted octanol–water partition coefficient (Wildman–Crippen LogP) is 2.99. The van der Waals surface area contributed by atoms with Crippen LogP contribution in [0.3, 0.4) is 0 Å². The molecule has 0 aliphatic carbocycles. The summed E-state index contributed by atoms with van der Waals surface area (Å²) in [5.74, 6) is -1.20. The molecule has 0 saturated heterocycles. The molecule has 0 saturated carbocycles. The van der Waals surface area contributed by atoms with Crippen LogP contribution >= 0.6 is 0 Å². The molecule has 106 valence electrons. The third-order valence-corrected chi connectivity index (χ3v) is 8.00. The molecule has 0 spiro atoms. The van der Waals surface area contributed by atoms with Gasteiger partial charge in [-0.3, -0.25) is 0 Å². The topological polar surface area (TPSA) is 66.8 Å². The molecule has 5 heteroatoms. The second-order valence-corrected chi connectivity index (χ2v) is 10.8. The first kappa shape index (κ1) is 17.2. The number of aliphatic carboxylic acids is 1. The molecule has 0 aliphatic heterocycles. The minimum absolute atomic E-state index is 0.0369. The van der Waals surface area contributed by atoms with Gasteiger partial charge in [0.25, 0.3) is 0 Å². The maximum atomic E-state index is 10.8. The zero-order chi connectivity index (χ0) is 14.7. The molecule has 0 radical (unpaired) electrons. The first-order valence-electron chi connectivity index (χ1n) is 6.20. The second kappa shape index (κ2) is 5.89. The van der Waals surface area contributed by atoms with Crippen LogP contribution in [-0.2, 0) is 9.22 Å². The predicted molar refractivity (Wildman–Crippen MR) is 74.8 cm³/mol. The van der Waals surface area contributed by atoms with Crippen LogP contribution < -0.4 is 0 Å². The fourth-order valence-corrected chi connectivity index (χ4v) is 2.43. The molecule has 0 fully saturated rings. The molecule has 4 nitrogen and oxygen atoms in total. The lowest BCUT2D eigenvalue weighted by molar-refractivity contribution is -0.149. The highest BCUT2D eigenvalue weighted by Gasteiger charge is 2.40. The van der Waals surface area contributed by atoms with Crippen LogP contribution in [-0.4, -0.2) is 30.6 Å². The van der Waals surface area contributed by atoms with Gasteiger partial charge in [-0.25, -0.2) is 4.79 Å². The quantitative estimate of drug-likeness (QED) is 0.597. The van der Waals surface area contributed by atoms with Gasteiger partial charge < -0.3 is 14.6 Å². The highest BCUT2D eigenvalue weighted by atomic mass is 28.4. The van der Waals surface area contributed by atoms with E-state index in [4.69, 9.17) is 9.53 Å². The number of aliphatic hydroxyl groups excluding tert-OH is 1. The molecule has 0 amide bonds. The largest absolute Gasteiger partial charge is 0.546 e. The van der Waals surface area contributed by atoms with E-state index in [1.165, 1.54) is 0 Å². The Balaban J connectivity index is 5.00. The van der Waals surface area contributed by atoms with Crippen molar-refractivity contribution < 1.29 is 19.4 Å². The molecule has 0 aromatic carbocycles. The molecular formula is C13H26O4Si. The Morgan fingerprint density at radius 2 is 1.78 bits per heavy atom. The first-order valence-corrected chi connectivity index (χ1v) is 9.11. The van der Waals surface area contributed by atoms with Crippen LogP contribution in [0.15, 0.2) is 11.8 Å². The summed E-state index contributed by atoms with van der Waals surface area (Å²) in [6.07, 6.45) is 0.318. The lowest BCUT2D eigenvalue weighted by atomic mass is 10.0. The number of hydrogen-bond donors (Lipinski definition) is 2. The van der Waals surface area contributed by atoms with Crippen molar-refractivity contribution in [2.45, 2.75) is 58.9 Å². The summed E-state index contributed by atoms with van der Waals surface area (Å²) < 4.78 is 6.06. The van der Waals surface area contributed by atoms with Crippen LogP contribution in [0.5, 0.6) is 0 Å². The Morgan fingerprint density at radius 3 is 2.06 bits per heavy atom. The van der Waals surface area contributed by atoms with E-state index in [2.05, 4.69) is 33.9 Å². The molecule has 0 aromatic heterocycles. The zero-order valence-electron chi connectivity index (χ0n) is 12.4. The van der Waals surface area contributed by atoms with Gasteiger partial charge in [0.15, 0.2) is 6.10 Å². The van der Waals surface area contributed by atoms with Crippen molar-refractivity contribution in [3.8, 4) is 0 Å². The van der Waals surface area contributed by atoms with Gasteiger partial charge in [0, 0.05) is 5.92 Å². The van der Waals surface area contributed by atoms with Crippen LogP contribution in [0.2, 0.25) is 18.1 Å². The fraction of sp³-hybridized carbons (Fsp3) is 0.769. The summed E-state index contributed by atoms with van der Waals surface area (Å²) in [6.45, 7) is 14.0.